The quantitative estimate of drug-likeness (QED) is 0.556. The van der Waals surface area contributed by atoms with E-state index in [1.807, 2.05) is 0 Å². The van der Waals surface area contributed by atoms with Gasteiger partial charge in [0.15, 0.2) is 0 Å². The minimum atomic E-state index is -4.62. The summed E-state index contributed by atoms with van der Waals surface area (Å²) in [5.41, 5.74) is -1.16. The Hall–Kier alpha value is -1.88. The van der Waals surface area contributed by atoms with Gasteiger partial charge in [0.1, 0.15) is 13.3 Å². The van der Waals surface area contributed by atoms with Crippen molar-refractivity contribution in [1.82, 2.24) is 14.3 Å². The van der Waals surface area contributed by atoms with Crippen LogP contribution in [0, 0.1) is 0 Å². The number of aromatic nitrogens is 2. The van der Waals surface area contributed by atoms with E-state index < -0.39 is 25.0 Å². The van der Waals surface area contributed by atoms with Crippen LogP contribution in [0.1, 0.15) is 16.7 Å². The summed E-state index contributed by atoms with van der Waals surface area (Å²) in [6.07, 6.45) is -4.62. The first-order valence-electron chi connectivity index (χ1n) is 6.81. The summed E-state index contributed by atoms with van der Waals surface area (Å²) >= 11 is 1.61. The van der Waals surface area contributed by atoms with Crippen molar-refractivity contribution in [2.24, 2.45) is 0 Å². The molecule has 0 fully saturated rings. The minimum Gasteiger partial charge on any atom is -0.464 e. The summed E-state index contributed by atoms with van der Waals surface area (Å²) in [5.74, 6) is 0. The fourth-order valence-corrected chi connectivity index (χ4v) is 2.92. The molecule has 0 N–H and O–H groups in total. The van der Waals surface area contributed by atoms with E-state index in [2.05, 4.69) is 9.36 Å². The predicted octanol–water partition coefficient (Wildman–Crippen LogP) is 4.38. The van der Waals surface area contributed by atoms with Gasteiger partial charge in [0.05, 0.1) is 5.56 Å². The summed E-state index contributed by atoms with van der Waals surface area (Å²) in [4.78, 5) is 16.8. The number of hydrogen-bond acceptors (Lipinski definition) is 6. The van der Waals surface area contributed by atoms with Crippen molar-refractivity contribution in [3.05, 3.63) is 34.9 Å². The van der Waals surface area contributed by atoms with Crippen molar-refractivity contribution < 1.29 is 27.1 Å². The molecule has 1 heterocycles. The Bertz CT molecular complexity index is 750. The Labute approximate surface area is 149 Å². The van der Waals surface area contributed by atoms with E-state index in [1.54, 1.807) is 14.1 Å². The molecule has 1 aromatic carbocycles. The summed E-state index contributed by atoms with van der Waals surface area (Å²) in [6, 6.07) is 3.20. The SMILES string of the molecule is CN(C)C(=O)Sc1nsc(OCc2ccc(CF)cc2C(F)(F)F)n1. The molecule has 25 heavy (non-hydrogen) atoms. The van der Waals surface area contributed by atoms with E-state index in [9.17, 15) is 22.4 Å². The largest absolute Gasteiger partial charge is 0.464 e. The number of halogens is 4. The number of ether oxygens (including phenoxy) is 1. The van der Waals surface area contributed by atoms with Crippen LogP contribution in [-0.4, -0.2) is 33.6 Å². The molecule has 0 aliphatic carbocycles. The highest BCUT2D eigenvalue weighted by Gasteiger charge is 2.33. The third kappa shape index (κ3) is 5.30. The topological polar surface area (TPSA) is 55.3 Å². The molecule has 0 saturated carbocycles. The van der Waals surface area contributed by atoms with Crippen LogP contribution in [0.4, 0.5) is 22.4 Å². The number of thioether (sulfide) groups is 1. The van der Waals surface area contributed by atoms with Gasteiger partial charge in [0, 0.05) is 43.0 Å². The van der Waals surface area contributed by atoms with Crippen LogP contribution in [0.2, 0.25) is 0 Å². The molecule has 0 saturated heterocycles. The van der Waals surface area contributed by atoms with Crippen LogP contribution in [0.25, 0.3) is 0 Å². The third-order valence-electron chi connectivity index (χ3n) is 2.92. The molecule has 0 bridgehead atoms. The lowest BCUT2D eigenvalue weighted by atomic mass is 10.0. The van der Waals surface area contributed by atoms with E-state index in [0.29, 0.717) is 0 Å². The zero-order chi connectivity index (χ0) is 18.6. The first kappa shape index (κ1) is 19.4. The third-order valence-corrected chi connectivity index (χ3v) is 4.57. The van der Waals surface area contributed by atoms with E-state index >= 15 is 0 Å². The van der Waals surface area contributed by atoms with E-state index in [1.165, 1.54) is 17.0 Å². The Balaban J connectivity index is 2.09. The first-order chi connectivity index (χ1) is 11.7. The van der Waals surface area contributed by atoms with Crippen LogP contribution < -0.4 is 4.74 Å². The molecular weight excluding hydrogens is 382 g/mol. The van der Waals surface area contributed by atoms with E-state index in [4.69, 9.17) is 4.74 Å². The van der Waals surface area contributed by atoms with Crippen LogP contribution >= 0.6 is 23.3 Å². The molecule has 1 aromatic heterocycles. The lowest BCUT2D eigenvalue weighted by Crippen LogP contribution is -2.16. The van der Waals surface area contributed by atoms with Crippen LogP contribution in [-0.2, 0) is 19.5 Å². The Morgan fingerprint density at radius 2 is 2.08 bits per heavy atom. The fourth-order valence-electron chi connectivity index (χ4n) is 1.70. The molecule has 0 aliphatic rings. The second-order valence-electron chi connectivity index (χ2n) is 5.02. The molecule has 0 atom stereocenters. The van der Waals surface area contributed by atoms with Crippen LogP contribution in [0.15, 0.2) is 23.4 Å². The molecule has 136 valence electrons. The Morgan fingerprint density at radius 1 is 1.36 bits per heavy atom. The maximum atomic E-state index is 13.1. The number of carbonyl (C=O) groups excluding carboxylic acids is 1. The summed E-state index contributed by atoms with van der Waals surface area (Å²) in [7, 11) is 3.14. The van der Waals surface area contributed by atoms with E-state index in [-0.39, 0.29) is 26.7 Å². The average molecular weight is 395 g/mol. The lowest BCUT2D eigenvalue weighted by Gasteiger charge is -2.13. The predicted molar refractivity (Wildman–Crippen MR) is 85.4 cm³/mol. The van der Waals surface area contributed by atoms with Gasteiger partial charge in [0.25, 0.3) is 10.4 Å². The van der Waals surface area contributed by atoms with Crippen molar-refractivity contribution in [2.45, 2.75) is 24.6 Å². The van der Waals surface area contributed by atoms with Gasteiger partial charge in [-0.2, -0.15) is 22.5 Å². The number of hydrogen-bond donors (Lipinski definition) is 0. The van der Waals surface area contributed by atoms with Gasteiger partial charge in [-0.1, -0.05) is 12.1 Å². The van der Waals surface area contributed by atoms with Crippen LogP contribution in [0.3, 0.4) is 0 Å². The van der Waals surface area contributed by atoms with E-state index in [0.717, 1.165) is 29.4 Å². The summed E-state index contributed by atoms with van der Waals surface area (Å²) in [6.45, 7) is -1.39. The number of carbonyl (C=O) groups is 1. The standard InChI is InChI=1S/C14H13F4N3O2S2/c1-21(2)13(22)24-11-19-12(25-20-11)23-7-9-4-3-8(6-15)5-10(9)14(16,17)18/h3-5H,6-7H2,1-2H3. The highest BCUT2D eigenvalue weighted by atomic mass is 32.2. The van der Waals surface area contributed by atoms with Gasteiger partial charge >= 0.3 is 6.18 Å². The van der Waals surface area contributed by atoms with Crippen molar-refractivity contribution in [3.63, 3.8) is 0 Å². The molecule has 0 unspecified atom stereocenters. The lowest BCUT2D eigenvalue weighted by molar-refractivity contribution is -0.138. The number of nitrogens with zero attached hydrogens (tertiary/aromatic N) is 3. The second kappa shape index (κ2) is 8.00. The second-order valence-corrected chi connectivity index (χ2v) is 6.65. The van der Waals surface area contributed by atoms with Gasteiger partial charge in [0.2, 0.25) is 5.16 Å². The van der Waals surface area contributed by atoms with Crippen LogP contribution in [0.5, 0.6) is 5.19 Å². The summed E-state index contributed by atoms with van der Waals surface area (Å²) < 4.78 is 60.9. The highest BCUT2D eigenvalue weighted by molar-refractivity contribution is 8.13. The monoisotopic (exact) mass is 395 g/mol. The fraction of sp³-hybridized carbons (Fsp3) is 0.357. The maximum Gasteiger partial charge on any atom is 0.416 e. The Kier molecular flexibility index (Phi) is 6.22. The molecule has 0 aliphatic heterocycles. The van der Waals surface area contributed by atoms with Crippen molar-refractivity contribution in [1.29, 1.82) is 0 Å². The number of amides is 1. The number of rotatable bonds is 5. The van der Waals surface area contributed by atoms with Crippen molar-refractivity contribution >= 4 is 28.5 Å². The molecule has 5 nitrogen and oxygen atoms in total. The highest BCUT2D eigenvalue weighted by Crippen LogP contribution is 2.34. The molecule has 1 amide bonds. The molecular formula is C14H13F4N3O2S2. The zero-order valence-corrected chi connectivity index (χ0v) is 14.8. The Morgan fingerprint density at radius 3 is 2.68 bits per heavy atom. The van der Waals surface area contributed by atoms with Gasteiger partial charge in [-0.15, -0.1) is 0 Å². The molecule has 2 rings (SSSR count). The van der Waals surface area contributed by atoms with Crippen molar-refractivity contribution in [3.8, 4) is 5.19 Å². The first-order valence-corrected chi connectivity index (χ1v) is 8.40. The molecule has 0 radical (unpaired) electrons. The minimum absolute atomic E-state index is 0.0387. The number of alkyl halides is 4. The van der Waals surface area contributed by atoms with Gasteiger partial charge in [-0.25, -0.2) is 4.39 Å². The van der Waals surface area contributed by atoms with Gasteiger partial charge < -0.3 is 9.64 Å². The smallest absolute Gasteiger partial charge is 0.416 e. The number of benzene rings is 1. The molecule has 0 spiro atoms. The zero-order valence-electron chi connectivity index (χ0n) is 13.1. The van der Waals surface area contributed by atoms with Gasteiger partial charge in [-0.3, -0.25) is 4.79 Å². The van der Waals surface area contributed by atoms with Gasteiger partial charge in [-0.05, 0) is 11.6 Å². The normalized spacial score (nSPS) is 11.4. The molecule has 11 heteroatoms. The van der Waals surface area contributed by atoms with Crippen molar-refractivity contribution in [2.75, 3.05) is 14.1 Å². The molecule has 2 aromatic rings. The maximum absolute atomic E-state index is 13.1. The average Bonchev–Trinajstić information content (AvgIpc) is 2.99. The summed E-state index contributed by atoms with van der Waals surface area (Å²) in [5, 5.41) is -0.0928.